The summed E-state index contributed by atoms with van der Waals surface area (Å²) in [6.07, 6.45) is 0. The van der Waals surface area contributed by atoms with Gasteiger partial charge in [-0.25, -0.2) is 5.53 Å². The topological polar surface area (TPSA) is 72.2 Å². The van der Waals surface area contributed by atoms with Gasteiger partial charge in [-0.05, 0) is 25.0 Å². The summed E-state index contributed by atoms with van der Waals surface area (Å²) < 4.78 is 0. The summed E-state index contributed by atoms with van der Waals surface area (Å²) in [6.45, 7) is 3.88. The van der Waals surface area contributed by atoms with Gasteiger partial charge in [0.25, 0.3) is 0 Å². The molecule has 0 saturated carbocycles. The van der Waals surface area contributed by atoms with E-state index in [0.29, 0.717) is 5.69 Å². The molecule has 0 spiro atoms. The molecule has 0 unspecified atom stereocenters. The summed E-state index contributed by atoms with van der Waals surface area (Å²) >= 11 is 0. The van der Waals surface area contributed by atoms with Crippen molar-refractivity contribution in [2.45, 2.75) is 13.8 Å². The monoisotopic (exact) mass is 189 g/mol. The third-order valence-electron chi connectivity index (χ3n) is 2.44. The Morgan fingerprint density at radius 3 is 2.57 bits per heavy atom. The molecule has 4 nitrogen and oxygen atoms in total. The van der Waals surface area contributed by atoms with Crippen molar-refractivity contribution in [3.05, 3.63) is 23.3 Å². The van der Waals surface area contributed by atoms with Crippen LogP contribution in [0.25, 0.3) is 10.9 Å². The van der Waals surface area contributed by atoms with Gasteiger partial charge in [0, 0.05) is 5.39 Å². The van der Waals surface area contributed by atoms with Crippen LogP contribution < -0.4 is 0 Å². The van der Waals surface area contributed by atoms with E-state index in [4.69, 9.17) is 5.53 Å². The van der Waals surface area contributed by atoms with Crippen molar-refractivity contribution in [1.82, 2.24) is 4.98 Å². The van der Waals surface area contributed by atoms with Crippen LogP contribution in [0, 0.1) is 19.4 Å². The Bertz CT molecular complexity index is 514. The molecular weight excluding hydrogens is 178 g/mol. The number of rotatable bonds is 1. The number of hydrogen-bond acceptors (Lipinski definition) is 3. The van der Waals surface area contributed by atoms with Crippen molar-refractivity contribution in [1.29, 1.82) is 5.53 Å². The lowest BCUT2D eigenvalue weighted by atomic mass is 10.1. The summed E-state index contributed by atoms with van der Waals surface area (Å²) in [5.41, 5.74) is 10.2. The zero-order chi connectivity index (χ0) is 10.3. The Kier molecular flexibility index (Phi) is 1.77. The van der Waals surface area contributed by atoms with E-state index in [1.54, 1.807) is 0 Å². The second-order valence-corrected chi connectivity index (χ2v) is 3.38. The van der Waals surface area contributed by atoms with E-state index < -0.39 is 0 Å². The third kappa shape index (κ3) is 1.00. The number of benzene rings is 1. The van der Waals surface area contributed by atoms with Crippen molar-refractivity contribution < 1.29 is 5.11 Å². The highest BCUT2D eigenvalue weighted by Crippen LogP contribution is 2.38. The van der Waals surface area contributed by atoms with Gasteiger partial charge in [0.15, 0.2) is 5.69 Å². The lowest BCUT2D eigenvalue weighted by Crippen LogP contribution is -1.79. The number of fused-ring (bicyclic) bond motifs is 1. The molecule has 0 aliphatic heterocycles. The zero-order valence-corrected chi connectivity index (χ0v) is 8.05. The van der Waals surface area contributed by atoms with Gasteiger partial charge >= 0.3 is 0 Å². The molecular formula is C10H11N3O. The number of aromatic nitrogens is 1. The molecule has 1 heterocycles. The van der Waals surface area contributed by atoms with E-state index in [1.165, 1.54) is 0 Å². The van der Waals surface area contributed by atoms with Crippen molar-refractivity contribution in [3.8, 4) is 5.88 Å². The van der Waals surface area contributed by atoms with Gasteiger partial charge in [-0.15, -0.1) is 0 Å². The highest BCUT2D eigenvalue weighted by molar-refractivity contribution is 5.98. The molecule has 0 saturated heterocycles. The van der Waals surface area contributed by atoms with Gasteiger partial charge in [-0.1, -0.05) is 12.1 Å². The predicted molar refractivity (Wildman–Crippen MR) is 54.2 cm³/mol. The van der Waals surface area contributed by atoms with E-state index in [0.717, 1.165) is 22.0 Å². The standard InChI is InChI=1S/C10H11N3O/c1-5-3-4-6(2)8-7(5)9(13-11)10(14)12-8/h3-4,11-12,14H,1-2H3. The molecule has 0 radical (unpaired) electrons. The van der Waals surface area contributed by atoms with E-state index in [1.807, 2.05) is 26.0 Å². The van der Waals surface area contributed by atoms with Crippen molar-refractivity contribution in [3.63, 3.8) is 0 Å². The van der Waals surface area contributed by atoms with E-state index in [-0.39, 0.29) is 5.88 Å². The van der Waals surface area contributed by atoms with Crippen LogP contribution in [0.1, 0.15) is 11.1 Å². The fourth-order valence-corrected chi connectivity index (χ4v) is 1.68. The minimum absolute atomic E-state index is 0.0348. The smallest absolute Gasteiger partial charge is 0.218 e. The molecule has 0 aliphatic carbocycles. The zero-order valence-electron chi connectivity index (χ0n) is 8.05. The van der Waals surface area contributed by atoms with Crippen molar-refractivity contribution in [2.75, 3.05) is 0 Å². The fraction of sp³-hybridized carbons (Fsp3) is 0.200. The molecule has 2 rings (SSSR count). The van der Waals surface area contributed by atoms with Gasteiger partial charge in [-0.2, -0.15) is 5.11 Å². The highest BCUT2D eigenvalue weighted by atomic mass is 16.3. The summed E-state index contributed by atoms with van der Waals surface area (Å²) in [7, 11) is 0. The van der Waals surface area contributed by atoms with Crippen molar-refractivity contribution in [2.24, 2.45) is 5.11 Å². The van der Waals surface area contributed by atoms with Crippen LogP contribution in [-0.4, -0.2) is 10.1 Å². The number of aromatic amines is 1. The summed E-state index contributed by atoms with van der Waals surface area (Å²) in [5, 5.41) is 13.7. The van der Waals surface area contributed by atoms with Crippen molar-refractivity contribution >= 4 is 16.6 Å². The molecule has 0 atom stereocenters. The van der Waals surface area contributed by atoms with Gasteiger partial charge in [-0.3, -0.25) is 0 Å². The van der Waals surface area contributed by atoms with Gasteiger partial charge in [0.05, 0.1) is 5.52 Å². The van der Waals surface area contributed by atoms with E-state index in [2.05, 4.69) is 10.1 Å². The fourth-order valence-electron chi connectivity index (χ4n) is 1.68. The van der Waals surface area contributed by atoms with Gasteiger partial charge in [0.2, 0.25) is 5.88 Å². The number of aryl methyl sites for hydroxylation is 2. The summed E-state index contributed by atoms with van der Waals surface area (Å²) in [5.74, 6) is -0.0348. The maximum atomic E-state index is 9.51. The van der Waals surface area contributed by atoms with Crippen LogP contribution in [0.5, 0.6) is 5.88 Å². The molecule has 1 aromatic carbocycles. The molecule has 4 heteroatoms. The highest BCUT2D eigenvalue weighted by Gasteiger charge is 2.13. The Hall–Kier alpha value is -1.84. The Morgan fingerprint density at radius 2 is 1.93 bits per heavy atom. The van der Waals surface area contributed by atoms with E-state index >= 15 is 0 Å². The first kappa shape index (κ1) is 8.74. The first-order chi connectivity index (χ1) is 6.65. The first-order valence-electron chi connectivity index (χ1n) is 4.33. The minimum Gasteiger partial charge on any atom is -0.493 e. The largest absolute Gasteiger partial charge is 0.493 e. The molecule has 0 amide bonds. The van der Waals surface area contributed by atoms with Gasteiger partial charge in [0.1, 0.15) is 0 Å². The van der Waals surface area contributed by atoms with Gasteiger partial charge < -0.3 is 10.1 Å². The Morgan fingerprint density at radius 1 is 1.29 bits per heavy atom. The van der Waals surface area contributed by atoms with Crippen LogP contribution in [0.2, 0.25) is 0 Å². The van der Waals surface area contributed by atoms with E-state index in [9.17, 15) is 5.11 Å². The number of H-pyrrole nitrogens is 1. The first-order valence-corrected chi connectivity index (χ1v) is 4.33. The average molecular weight is 189 g/mol. The SMILES string of the molecule is Cc1ccc(C)c2c(N=N)c(O)[nH]c12. The number of nitrogens with one attached hydrogen (secondary N) is 2. The number of nitrogens with zero attached hydrogens (tertiary/aromatic N) is 1. The number of hydrogen-bond donors (Lipinski definition) is 3. The van der Waals surface area contributed by atoms with Crippen LogP contribution in [0.4, 0.5) is 5.69 Å². The average Bonchev–Trinajstić information content (AvgIpc) is 2.50. The van der Waals surface area contributed by atoms with Crippen LogP contribution in [0.15, 0.2) is 17.2 Å². The Balaban J connectivity index is 3.00. The van der Waals surface area contributed by atoms with Crippen LogP contribution in [-0.2, 0) is 0 Å². The quantitative estimate of drug-likeness (QED) is 0.592. The Labute approximate surface area is 81.1 Å². The summed E-state index contributed by atoms with van der Waals surface area (Å²) in [6, 6.07) is 3.93. The molecule has 0 aliphatic rings. The molecule has 72 valence electrons. The number of aromatic hydroxyl groups is 1. The van der Waals surface area contributed by atoms with Crippen LogP contribution >= 0.6 is 0 Å². The molecule has 3 N–H and O–H groups in total. The molecule has 14 heavy (non-hydrogen) atoms. The molecule has 0 bridgehead atoms. The maximum absolute atomic E-state index is 9.51. The normalized spacial score (nSPS) is 10.7. The third-order valence-corrected chi connectivity index (χ3v) is 2.44. The summed E-state index contributed by atoms with van der Waals surface area (Å²) in [4.78, 5) is 2.83. The maximum Gasteiger partial charge on any atom is 0.218 e. The second kappa shape index (κ2) is 2.83. The predicted octanol–water partition coefficient (Wildman–Crippen LogP) is 3.15. The molecule has 2 aromatic rings. The molecule has 1 aromatic heterocycles. The molecule has 0 fully saturated rings. The second-order valence-electron chi connectivity index (χ2n) is 3.38. The van der Waals surface area contributed by atoms with Crippen LogP contribution in [0.3, 0.4) is 0 Å². The lowest BCUT2D eigenvalue weighted by Gasteiger charge is -1.99. The lowest BCUT2D eigenvalue weighted by molar-refractivity contribution is 0.459. The minimum atomic E-state index is -0.0348.